The van der Waals surface area contributed by atoms with E-state index >= 15 is 0 Å². The van der Waals surface area contributed by atoms with Gasteiger partial charge in [-0.3, -0.25) is 0 Å². The smallest absolute Gasteiger partial charge is 0.335 e. The summed E-state index contributed by atoms with van der Waals surface area (Å²) in [6, 6.07) is 2.18. The molecule has 0 saturated carbocycles. The minimum absolute atomic E-state index is 0.372. The third-order valence-corrected chi connectivity index (χ3v) is 4.21. The molecule has 0 saturated heterocycles. The number of nitrogens with zero attached hydrogens (tertiary/aromatic N) is 1. The molecule has 1 aromatic heterocycles. The number of benzene rings is 1. The molecule has 2 aromatic rings. The Balaban J connectivity index is 2.81. The predicted molar refractivity (Wildman–Crippen MR) is 87.4 cm³/mol. The number of carbonyl (C=O) groups is 1. The van der Waals surface area contributed by atoms with Crippen molar-refractivity contribution in [1.29, 1.82) is 0 Å². The van der Waals surface area contributed by atoms with E-state index in [1.165, 1.54) is 11.1 Å². The van der Waals surface area contributed by atoms with E-state index in [1.807, 2.05) is 19.9 Å². The van der Waals surface area contributed by atoms with Crippen LogP contribution in [0.3, 0.4) is 0 Å². The van der Waals surface area contributed by atoms with Gasteiger partial charge in [0.15, 0.2) is 0 Å². The third kappa shape index (κ3) is 2.69. The lowest BCUT2D eigenvalue weighted by Gasteiger charge is -2.13. The lowest BCUT2D eigenvalue weighted by atomic mass is 9.96. The largest absolute Gasteiger partial charge is 0.478 e. The molecule has 0 aliphatic heterocycles. The summed E-state index contributed by atoms with van der Waals surface area (Å²) in [4.78, 5) is 11.5. The van der Waals surface area contributed by atoms with E-state index in [0.717, 1.165) is 35.8 Å². The molecule has 0 amide bonds. The molecule has 0 radical (unpaired) electrons. The molecule has 1 heterocycles. The first-order valence-electron chi connectivity index (χ1n) is 7.75. The van der Waals surface area contributed by atoms with Gasteiger partial charge in [-0.15, -0.1) is 0 Å². The second-order valence-corrected chi connectivity index (χ2v) is 6.15. The van der Waals surface area contributed by atoms with Crippen LogP contribution in [-0.4, -0.2) is 15.6 Å². The van der Waals surface area contributed by atoms with Crippen molar-refractivity contribution in [2.75, 3.05) is 0 Å². The van der Waals surface area contributed by atoms with Crippen molar-refractivity contribution in [3.63, 3.8) is 0 Å². The molecule has 0 spiro atoms. The molecule has 2 rings (SSSR count). The van der Waals surface area contributed by atoms with Gasteiger partial charge < -0.3 is 9.67 Å². The Morgan fingerprint density at radius 2 is 2.00 bits per heavy atom. The molecule has 1 aromatic carbocycles. The SMILES string of the molecule is CCCCc1cn(C(C)C)c2c(C)cc(C(=O)O)c(C)c12. The van der Waals surface area contributed by atoms with Crippen LogP contribution in [0.5, 0.6) is 0 Å². The second-order valence-electron chi connectivity index (χ2n) is 6.15. The number of carboxylic acid groups (broad SMARTS) is 1. The van der Waals surface area contributed by atoms with Crippen LogP contribution in [-0.2, 0) is 6.42 Å². The van der Waals surface area contributed by atoms with Crippen molar-refractivity contribution in [3.05, 3.63) is 34.5 Å². The molecule has 3 nitrogen and oxygen atoms in total. The maximum atomic E-state index is 11.5. The summed E-state index contributed by atoms with van der Waals surface area (Å²) in [6.07, 6.45) is 5.50. The monoisotopic (exact) mass is 287 g/mol. The van der Waals surface area contributed by atoms with E-state index in [2.05, 4.69) is 31.5 Å². The summed E-state index contributed by atoms with van der Waals surface area (Å²) in [5.74, 6) is -0.837. The molecule has 0 fully saturated rings. The van der Waals surface area contributed by atoms with Gasteiger partial charge in [0.05, 0.1) is 11.1 Å². The van der Waals surface area contributed by atoms with Gasteiger partial charge >= 0.3 is 5.97 Å². The third-order valence-electron chi connectivity index (χ3n) is 4.21. The van der Waals surface area contributed by atoms with Crippen molar-refractivity contribution in [2.24, 2.45) is 0 Å². The van der Waals surface area contributed by atoms with Crippen LogP contribution in [0.4, 0.5) is 0 Å². The maximum absolute atomic E-state index is 11.5. The molecule has 0 aliphatic carbocycles. The van der Waals surface area contributed by atoms with Crippen LogP contribution in [0.15, 0.2) is 12.3 Å². The van der Waals surface area contributed by atoms with Gasteiger partial charge in [-0.1, -0.05) is 13.3 Å². The van der Waals surface area contributed by atoms with Gasteiger partial charge in [0, 0.05) is 17.6 Å². The average molecular weight is 287 g/mol. The minimum Gasteiger partial charge on any atom is -0.478 e. The fourth-order valence-electron chi connectivity index (χ4n) is 3.11. The first kappa shape index (κ1) is 15.6. The summed E-state index contributed by atoms with van der Waals surface area (Å²) in [5.41, 5.74) is 4.85. The van der Waals surface area contributed by atoms with E-state index in [9.17, 15) is 9.90 Å². The molecule has 0 atom stereocenters. The van der Waals surface area contributed by atoms with Crippen LogP contribution in [0, 0.1) is 13.8 Å². The highest BCUT2D eigenvalue weighted by Gasteiger charge is 2.19. The molecular weight excluding hydrogens is 262 g/mol. The van der Waals surface area contributed by atoms with Gasteiger partial charge in [0.1, 0.15) is 0 Å². The molecular formula is C18H25NO2. The zero-order valence-corrected chi connectivity index (χ0v) is 13.7. The van der Waals surface area contributed by atoms with Crippen molar-refractivity contribution in [1.82, 2.24) is 4.57 Å². The molecule has 1 N–H and O–H groups in total. The van der Waals surface area contributed by atoms with Crippen LogP contribution >= 0.6 is 0 Å². The molecule has 0 bridgehead atoms. The summed E-state index contributed by atoms with van der Waals surface area (Å²) in [5, 5.41) is 10.6. The number of rotatable bonds is 5. The van der Waals surface area contributed by atoms with Gasteiger partial charge in [0.25, 0.3) is 0 Å². The number of aryl methyl sites for hydroxylation is 3. The summed E-state index contributed by atoms with van der Waals surface area (Å²) < 4.78 is 2.29. The Morgan fingerprint density at radius 1 is 1.33 bits per heavy atom. The zero-order chi connectivity index (χ0) is 15.7. The van der Waals surface area contributed by atoms with Gasteiger partial charge in [-0.2, -0.15) is 0 Å². The maximum Gasteiger partial charge on any atom is 0.335 e. The Morgan fingerprint density at radius 3 is 2.52 bits per heavy atom. The Kier molecular flexibility index (Phi) is 4.40. The molecule has 0 unspecified atom stereocenters. The lowest BCUT2D eigenvalue weighted by molar-refractivity contribution is 0.0696. The number of carboxylic acids is 1. The molecule has 3 heteroatoms. The molecule has 114 valence electrons. The van der Waals surface area contributed by atoms with Crippen LogP contribution in [0.2, 0.25) is 0 Å². The normalized spacial score (nSPS) is 11.5. The van der Waals surface area contributed by atoms with Crippen molar-refractivity contribution < 1.29 is 9.90 Å². The van der Waals surface area contributed by atoms with E-state index in [1.54, 1.807) is 0 Å². The Hall–Kier alpha value is -1.77. The van der Waals surface area contributed by atoms with Crippen LogP contribution < -0.4 is 0 Å². The zero-order valence-electron chi connectivity index (χ0n) is 13.7. The topological polar surface area (TPSA) is 42.2 Å². The highest BCUT2D eigenvalue weighted by molar-refractivity contribution is 6.00. The van der Waals surface area contributed by atoms with Gasteiger partial charge in [-0.25, -0.2) is 4.79 Å². The number of hydrogen-bond donors (Lipinski definition) is 1. The first-order valence-corrected chi connectivity index (χ1v) is 7.75. The summed E-state index contributed by atoms with van der Waals surface area (Å²) >= 11 is 0. The number of fused-ring (bicyclic) bond motifs is 1. The summed E-state index contributed by atoms with van der Waals surface area (Å²) in [6.45, 7) is 10.5. The van der Waals surface area contributed by atoms with E-state index in [0.29, 0.717) is 11.6 Å². The van der Waals surface area contributed by atoms with Crippen LogP contribution in [0.1, 0.15) is 66.7 Å². The highest BCUT2D eigenvalue weighted by Crippen LogP contribution is 2.33. The Labute approximate surface area is 126 Å². The number of aromatic carboxylic acids is 1. The van der Waals surface area contributed by atoms with Crippen molar-refractivity contribution in [3.8, 4) is 0 Å². The number of aromatic nitrogens is 1. The van der Waals surface area contributed by atoms with E-state index < -0.39 is 5.97 Å². The predicted octanol–water partition coefficient (Wildman–Crippen LogP) is 4.88. The van der Waals surface area contributed by atoms with E-state index in [4.69, 9.17) is 0 Å². The number of unbranched alkanes of at least 4 members (excludes halogenated alkanes) is 1. The van der Waals surface area contributed by atoms with Crippen molar-refractivity contribution >= 4 is 16.9 Å². The quantitative estimate of drug-likeness (QED) is 0.851. The number of hydrogen-bond acceptors (Lipinski definition) is 1. The first-order chi connectivity index (χ1) is 9.88. The average Bonchev–Trinajstić information content (AvgIpc) is 2.80. The summed E-state index contributed by atoms with van der Waals surface area (Å²) in [7, 11) is 0. The fraction of sp³-hybridized carbons (Fsp3) is 0.500. The van der Waals surface area contributed by atoms with E-state index in [-0.39, 0.29) is 0 Å². The molecule has 21 heavy (non-hydrogen) atoms. The van der Waals surface area contributed by atoms with Gasteiger partial charge in [0.2, 0.25) is 0 Å². The molecule has 0 aliphatic rings. The van der Waals surface area contributed by atoms with Crippen molar-refractivity contribution in [2.45, 2.75) is 59.9 Å². The van der Waals surface area contributed by atoms with Crippen LogP contribution in [0.25, 0.3) is 10.9 Å². The Bertz CT molecular complexity index is 680. The minimum atomic E-state index is -0.837. The fourth-order valence-corrected chi connectivity index (χ4v) is 3.11. The second kappa shape index (κ2) is 5.92. The standard InChI is InChI=1S/C18H25NO2/c1-6-7-8-14-10-19(11(2)3)17-12(4)9-15(18(20)21)13(5)16(14)17/h9-11H,6-8H2,1-5H3,(H,20,21). The lowest BCUT2D eigenvalue weighted by Crippen LogP contribution is -2.04. The highest BCUT2D eigenvalue weighted by atomic mass is 16.4. The van der Waals surface area contributed by atoms with Gasteiger partial charge in [-0.05, 0) is 63.3 Å².